The van der Waals surface area contributed by atoms with Crippen molar-refractivity contribution in [2.45, 2.75) is 4.90 Å². The molecular formula is C21H15N4S. The zero-order valence-corrected chi connectivity index (χ0v) is 14.9. The van der Waals surface area contributed by atoms with Crippen molar-refractivity contribution in [3.05, 3.63) is 78.6 Å². The van der Waals surface area contributed by atoms with E-state index in [2.05, 4.69) is 28.6 Å². The second-order valence-corrected chi connectivity index (χ2v) is 6.58. The Morgan fingerprint density at radius 1 is 1.15 bits per heavy atom. The lowest BCUT2D eigenvalue weighted by molar-refractivity contribution is 0.989. The van der Waals surface area contributed by atoms with Crippen molar-refractivity contribution in [3.63, 3.8) is 0 Å². The quantitative estimate of drug-likeness (QED) is 0.525. The molecule has 0 atom stereocenters. The molecule has 4 aromatic rings. The van der Waals surface area contributed by atoms with Crippen LogP contribution < -0.4 is 5.43 Å². The Hall–Kier alpha value is -3.23. The Morgan fingerprint density at radius 3 is 2.88 bits per heavy atom. The monoisotopic (exact) mass is 355 g/mol. The van der Waals surface area contributed by atoms with Crippen molar-refractivity contribution in [1.82, 2.24) is 9.66 Å². The van der Waals surface area contributed by atoms with Crippen LogP contribution in [0.3, 0.4) is 0 Å². The Balaban J connectivity index is 1.75. The molecule has 4 rings (SSSR count). The van der Waals surface area contributed by atoms with Crippen LogP contribution in [0.5, 0.6) is 0 Å². The molecule has 3 aromatic carbocycles. The molecule has 0 aliphatic carbocycles. The van der Waals surface area contributed by atoms with Crippen LogP contribution in [-0.4, -0.2) is 15.9 Å². The van der Waals surface area contributed by atoms with E-state index in [4.69, 9.17) is 0 Å². The van der Waals surface area contributed by atoms with E-state index in [-0.39, 0.29) is 0 Å². The third-order valence-corrected chi connectivity index (χ3v) is 4.82. The number of rotatable bonds is 4. The van der Waals surface area contributed by atoms with E-state index in [0.29, 0.717) is 5.56 Å². The lowest BCUT2D eigenvalue weighted by atomic mass is 10.00. The molecule has 4 nitrogen and oxygen atoms in total. The van der Waals surface area contributed by atoms with Gasteiger partial charge in [-0.15, -0.1) is 11.8 Å². The molecule has 1 heterocycles. The topological polar surface area (TPSA) is 53.6 Å². The van der Waals surface area contributed by atoms with Gasteiger partial charge < -0.3 is 0 Å². The minimum Gasteiger partial charge on any atom is -0.293 e. The van der Waals surface area contributed by atoms with Crippen LogP contribution in [0, 0.1) is 17.4 Å². The zero-order chi connectivity index (χ0) is 17.9. The first-order valence-electron chi connectivity index (χ1n) is 8.08. The summed E-state index contributed by atoms with van der Waals surface area (Å²) in [5.74, 6) is 0. The molecule has 1 aromatic heterocycles. The van der Waals surface area contributed by atoms with Crippen LogP contribution in [-0.2, 0) is 0 Å². The van der Waals surface area contributed by atoms with Crippen LogP contribution >= 0.6 is 11.8 Å². The summed E-state index contributed by atoms with van der Waals surface area (Å²) in [6, 6.07) is 25.1. The summed E-state index contributed by atoms with van der Waals surface area (Å²) in [7, 11) is 0. The first-order valence-corrected chi connectivity index (χ1v) is 9.30. The fraction of sp³-hybridized carbons (Fsp3) is 0.0476. The molecule has 0 saturated carbocycles. The highest BCUT2D eigenvalue weighted by molar-refractivity contribution is 7.98. The fourth-order valence-corrected chi connectivity index (χ4v) is 3.30. The van der Waals surface area contributed by atoms with Gasteiger partial charge in [-0.2, -0.15) is 5.26 Å². The molecule has 1 N–H and O–H groups in total. The van der Waals surface area contributed by atoms with Crippen molar-refractivity contribution >= 4 is 28.5 Å². The molecule has 0 aliphatic heterocycles. The molecule has 0 unspecified atom stereocenters. The standard InChI is InChI=1S/C21H15N4S/c1-26-18-6-4-5-15(11-18)19-12-17(10-9-16(19)13-22)24-25-14-23-20-7-2-3-8-21(20)25/h2-5,7-12,14,24H,1H3. The predicted octanol–water partition coefficient (Wildman–Crippen LogP) is 4.97. The molecule has 5 heteroatoms. The van der Waals surface area contributed by atoms with Crippen LogP contribution in [0.15, 0.2) is 71.9 Å². The maximum Gasteiger partial charge on any atom is 0.116 e. The van der Waals surface area contributed by atoms with Crippen LogP contribution in [0.25, 0.3) is 22.2 Å². The normalized spacial score (nSPS) is 10.6. The summed E-state index contributed by atoms with van der Waals surface area (Å²) in [5.41, 5.74) is 8.70. The van der Waals surface area contributed by atoms with Crippen LogP contribution in [0.4, 0.5) is 5.69 Å². The largest absolute Gasteiger partial charge is 0.293 e. The number of thioether (sulfide) groups is 1. The number of nitrogens with one attached hydrogen (secondary N) is 1. The number of para-hydroxylation sites is 2. The van der Waals surface area contributed by atoms with E-state index in [9.17, 15) is 5.26 Å². The molecule has 125 valence electrons. The number of fused-ring (bicyclic) bond motifs is 1. The maximum absolute atomic E-state index is 9.50. The lowest BCUT2D eigenvalue weighted by Crippen LogP contribution is -2.07. The predicted molar refractivity (Wildman–Crippen MR) is 106 cm³/mol. The first kappa shape index (κ1) is 16.2. The van der Waals surface area contributed by atoms with Gasteiger partial charge in [-0.05, 0) is 54.3 Å². The second-order valence-electron chi connectivity index (χ2n) is 5.73. The number of imidazole rings is 1. The van der Waals surface area contributed by atoms with E-state index in [1.165, 1.54) is 0 Å². The smallest absolute Gasteiger partial charge is 0.116 e. The van der Waals surface area contributed by atoms with Gasteiger partial charge in [0, 0.05) is 10.5 Å². The van der Waals surface area contributed by atoms with Gasteiger partial charge in [-0.1, -0.05) is 24.3 Å². The number of anilines is 1. The summed E-state index contributed by atoms with van der Waals surface area (Å²) in [6.07, 6.45) is 3.77. The maximum atomic E-state index is 9.50. The van der Waals surface area contributed by atoms with Crippen LogP contribution in [0.1, 0.15) is 5.56 Å². The molecule has 0 saturated heterocycles. The Bertz CT molecular complexity index is 1120. The van der Waals surface area contributed by atoms with E-state index < -0.39 is 0 Å². The van der Waals surface area contributed by atoms with Crippen molar-refractivity contribution < 1.29 is 0 Å². The molecule has 26 heavy (non-hydrogen) atoms. The van der Waals surface area contributed by atoms with Crippen molar-refractivity contribution in [3.8, 4) is 17.2 Å². The Labute approximate surface area is 156 Å². The van der Waals surface area contributed by atoms with Crippen molar-refractivity contribution in [2.75, 3.05) is 11.7 Å². The minimum atomic E-state index is 0.643. The molecule has 0 bridgehead atoms. The minimum absolute atomic E-state index is 0.643. The average Bonchev–Trinajstić information content (AvgIpc) is 3.11. The summed E-state index contributed by atoms with van der Waals surface area (Å²) in [4.78, 5) is 5.44. The molecule has 0 amide bonds. The summed E-state index contributed by atoms with van der Waals surface area (Å²) in [5, 5.41) is 9.50. The van der Waals surface area contributed by atoms with Gasteiger partial charge in [0.15, 0.2) is 0 Å². The van der Waals surface area contributed by atoms with Gasteiger partial charge >= 0.3 is 0 Å². The third kappa shape index (κ3) is 3.03. The van der Waals surface area contributed by atoms with Crippen molar-refractivity contribution in [2.24, 2.45) is 0 Å². The number of hydrogen-bond donors (Lipinski definition) is 1. The lowest BCUT2D eigenvalue weighted by Gasteiger charge is -2.12. The highest BCUT2D eigenvalue weighted by Crippen LogP contribution is 2.29. The summed E-state index contributed by atoms with van der Waals surface area (Å²) < 4.78 is 1.88. The van der Waals surface area contributed by atoms with Gasteiger partial charge in [0.25, 0.3) is 0 Å². The number of nitrogens with zero attached hydrogens (tertiary/aromatic N) is 3. The summed E-state index contributed by atoms with van der Waals surface area (Å²) in [6.45, 7) is 0. The highest BCUT2D eigenvalue weighted by Gasteiger charge is 2.09. The van der Waals surface area contributed by atoms with Gasteiger partial charge in [-0.3, -0.25) is 5.43 Å². The fourth-order valence-electron chi connectivity index (χ4n) is 2.87. The molecule has 0 fully saturated rings. The Morgan fingerprint density at radius 2 is 2.04 bits per heavy atom. The van der Waals surface area contributed by atoms with Gasteiger partial charge in [0.1, 0.15) is 6.33 Å². The SMILES string of the molecule is CSc1[c]ccc(-c2cc(Nn3cnc4ccccc43)ccc2C#N)c1. The summed E-state index contributed by atoms with van der Waals surface area (Å²) >= 11 is 1.63. The van der Waals surface area contributed by atoms with Crippen LogP contribution in [0.2, 0.25) is 0 Å². The molecule has 0 aliphatic rings. The average molecular weight is 355 g/mol. The van der Waals surface area contributed by atoms with E-state index in [1.807, 2.05) is 65.5 Å². The molecule has 0 spiro atoms. The first-order chi connectivity index (χ1) is 12.8. The number of benzene rings is 3. The molecule has 1 radical (unpaired) electrons. The molecular weight excluding hydrogens is 340 g/mol. The highest BCUT2D eigenvalue weighted by atomic mass is 32.2. The van der Waals surface area contributed by atoms with E-state index in [1.54, 1.807) is 18.1 Å². The zero-order valence-electron chi connectivity index (χ0n) is 14.1. The Kier molecular flexibility index (Phi) is 4.34. The van der Waals surface area contributed by atoms with Crippen molar-refractivity contribution in [1.29, 1.82) is 5.26 Å². The van der Waals surface area contributed by atoms with Gasteiger partial charge in [-0.25, -0.2) is 9.66 Å². The second kappa shape index (κ2) is 6.95. The van der Waals surface area contributed by atoms with Gasteiger partial charge in [0.2, 0.25) is 0 Å². The van der Waals surface area contributed by atoms with Gasteiger partial charge in [0.05, 0.1) is 28.4 Å². The number of hydrogen-bond acceptors (Lipinski definition) is 4. The number of aromatic nitrogens is 2. The van der Waals surface area contributed by atoms with E-state index in [0.717, 1.165) is 32.7 Å². The van der Waals surface area contributed by atoms with E-state index >= 15 is 0 Å². The number of nitriles is 1. The third-order valence-electron chi connectivity index (χ3n) is 4.15.